The molecule has 1 aromatic rings. The van der Waals surface area contributed by atoms with E-state index in [-0.39, 0.29) is 12.0 Å². The number of nitrogens with zero attached hydrogens (tertiary/aromatic N) is 2. The van der Waals surface area contributed by atoms with E-state index in [1.54, 1.807) is 0 Å². The fourth-order valence-corrected chi connectivity index (χ4v) is 3.70. The number of carbonyl (C=O) groups excluding carboxylic acids is 1. The van der Waals surface area contributed by atoms with E-state index in [2.05, 4.69) is 29.0 Å². The van der Waals surface area contributed by atoms with Gasteiger partial charge < -0.3 is 19.7 Å². The molecule has 2 heterocycles. The minimum absolute atomic E-state index is 0.0168. The molecule has 3 rings (SSSR count). The van der Waals surface area contributed by atoms with Gasteiger partial charge in [-0.2, -0.15) is 0 Å². The summed E-state index contributed by atoms with van der Waals surface area (Å²) in [6, 6.07) is 7.73. The van der Waals surface area contributed by atoms with Crippen molar-refractivity contribution >= 4 is 11.6 Å². The number of anilines is 1. The summed E-state index contributed by atoms with van der Waals surface area (Å²) in [5, 5.41) is 2.96. The zero-order valence-electron chi connectivity index (χ0n) is 16.7. The first-order valence-electron chi connectivity index (χ1n) is 10.2. The van der Waals surface area contributed by atoms with Gasteiger partial charge in [0.25, 0.3) is 0 Å². The molecule has 0 atom stereocenters. The van der Waals surface area contributed by atoms with Crippen molar-refractivity contribution in [3.05, 3.63) is 24.3 Å². The number of ether oxygens (including phenoxy) is 2. The SMILES string of the molecule is CC(C)CN1CCC(Oc2ccc(NC(=O)CN3CCOCC3)cc2)CC1. The first kappa shape index (κ1) is 20.1. The molecule has 0 bridgehead atoms. The van der Waals surface area contributed by atoms with Crippen LogP contribution in [0.25, 0.3) is 0 Å². The average molecular weight is 376 g/mol. The lowest BCUT2D eigenvalue weighted by Gasteiger charge is -2.33. The second kappa shape index (κ2) is 10.1. The van der Waals surface area contributed by atoms with Crippen LogP contribution in [-0.4, -0.2) is 74.3 Å². The number of hydrogen-bond donors (Lipinski definition) is 1. The normalized spacial score (nSPS) is 20.0. The summed E-state index contributed by atoms with van der Waals surface area (Å²) in [5.41, 5.74) is 0.812. The lowest BCUT2D eigenvalue weighted by molar-refractivity contribution is -0.118. The number of carbonyl (C=O) groups is 1. The molecule has 27 heavy (non-hydrogen) atoms. The monoisotopic (exact) mass is 375 g/mol. The van der Waals surface area contributed by atoms with Gasteiger partial charge in [-0.15, -0.1) is 0 Å². The zero-order valence-corrected chi connectivity index (χ0v) is 16.7. The van der Waals surface area contributed by atoms with E-state index < -0.39 is 0 Å². The highest BCUT2D eigenvalue weighted by Crippen LogP contribution is 2.21. The topological polar surface area (TPSA) is 54.0 Å². The highest BCUT2D eigenvalue weighted by molar-refractivity contribution is 5.92. The van der Waals surface area contributed by atoms with Crippen LogP contribution in [0.2, 0.25) is 0 Å². The molecule has 1 amide bonds. The van der Waals surface area contributed by atoms with E-state index in [0.717, 1.165) is 50.5 Å². The van der Waals surface area contributed by atoms with Crippen LogP contribution in [0.15, 0.2) is 24.3 Å². The standard InChI is InChI=1S/C21H33N3O3/c1-17(2)15-23-9-7-20(8-10-23)27-19-5-3-18(4-6-19)22-21(25)16-24-11-13-26-14-12-24/h3-6,17,20H,7-16H2,1-2H3,(H,22,25). The van der Waals surface area contributed by atoms with Gasteiger partial charge in [-0.3, -0.25) is 9.69 Å². The summed E-state index contributed by atoms with van der Waals surface area (Å²) < 4.78 is 11.4. The minimum atomic E-state index is 0.0168. The molecule has 6 heteroatoms. The van der Waals surface area contributed by atoms with Crippen LogP contribution in [0.3, 0.4) is 0 Å². The van der Waals surface area contributed by atoms with Crippen LogP contribution in [-0.2, 0) is 9.53 Å². The van der Waals surface area contributed by atoms with Crippen molar-refractivity contribution in [3.8, 4) is 5.75 Å². The molecule has 0 unspecified atom stereocenters. The Hall–Kier alpha value is -1.63. The molecule has 0 aromatic heterocycles. The smallest absolute Gasteiger partial charge is 0.238 e. The quantitative estimate of drug-likeness (QED) is 0.793. The van der Waals surface area contributed by atoms with E-state index in [0.29, 0.717) is 25.7 Å². The Labute approximate surface area is 162 Å². The van der Waals surface area contributed by atoms with Crippen molar-refractivity contribution in [2.75, 3.05) is 57.8 Å². The number of rotatable bonds is 7. The van der Waals surface area contributed by atoms with Crippen LogP contribution in [0, 0.1) is 5.92 Å². The lowest BCUT2D eigenvalue weighted by atomic mass is 10.1. The lowest BCUT2D eigenvalue weighted by Crippen LogP contribution is -2.41. The van der Waals surface area contributed by atoms with Gasteiger partial charge in [0.05, 0.1) is 19.8 Å². The van der Waals surface area contributed by atoms with E-state index >= 15 is 0 Å². The molecule has 2 saturated heterocycles. The second-order valence-corrected chi connectivity index (χ2v) is 7.97. The number of benzene rings is 1. The summed E-state index contributed by atoms with van der Waals surface area (Å²) in [6.45, 7) is 11.4. The molecule has 6 nitrogen and oxygen atoms in total. The Morgan fingerprint density at radius 1 is 1.11 bits per heavy atom. The molecular weight excluding hydrogens is 342 g/mol. The van der Waals surface area contributed by atoms with E-state index in [1.165, 1.54) is 6.54 Å². The summed E-state index contributed by atoms with van der Waals surface area (Å²) >= 11 is 0. The maximum atomic E-state index is 12.2. The summed E-state index contributed by atoms with van der Waals surface area (Å²) in [7, 11) is 0. The van der Waals surface area contributed by atoms with Crippen molar-refractivity contribution in [2.45, 2.75) is 32.8 Å². The first-order valence-corrected chi connectivity index (χ1v) is 10.2. The zero-order chi connectivity index (χ0) is 19.1. The van der Waals surface area contributed by atoms with Crippen LogP contribution in [0.4, 0.5) is 5.69 Å². The maximum absolute atomic E-state index is 12.2. The number of hydrogen-bond acceptors (Lipinski definition) is 5. The summed E-state index contributed by atoms with van der Waals surface area (Å²) in [5.74, 6) is 1.61. The van der Waals surface area contributed by atoms with Crippen LogP contribution >= 0.6 is 0 Å². The van der Waals surface area contributed by atoms with Crippen molar-refractivity contribution in [1.29, 1.82) is 0 Å². The van der Waals surface area contributed by atoms with E-state index in [1.807, 2.05) is 24.3 Å². The van der Waals surface area contributed by atoms with Gasteiger partial charge >= 0.3 is 0 Å². The Morgan fingerprint density at radius 2 is 1.78 bits per heavy atom. The summed E-state index contributed by atoms with van der Waals surface area (Å²) in [6.07, 6.45) is 2.44. The Morgan fingerprint density at radius 3 is 2.41 bits per heavy atom. The predicted molar refractivity (Wildman–Crippen MR) is 107 cm³/mol. The molecule has 2 fully saturated rings. The maximum Gasteiger partial charge on any atom is 0.238 e. The van der Waals surface area contributed by atoms with Crippen molar-refractivity contribution in [1.82, 2.24) is 9.80 Å². The van der Waals surface area contributed by atoms with Crippen LogP contribution in [0.1, 0.15) is 26.7 Å². The minimum Gasteiger partial charge on any atom is -0.490 e. The van der Waals surface area contributed by atoms with Crippen LogP contribution < -0.4 is 10.1 Å². The fraction of sp³-hybridized carbons (Fsp3) is 0.667. The Balaban J connectivity index is 1.40. The van der Waals surface area contributed by atoms with Gasteiger partial charge in [0.15, 0.2) is 0 Å². The van der Waals surface area contributed by atoms with Crippen molar-refractivity contribution < 1.29 is 14.3 Å². The highest BCUT2D eigenvalue weighted by Gasteiger charge is 2.21. The molecule has 1 aromatic carbocycles. The molecule has 1 N–H and O–H groups in total. The molecule has 0 spiro atoms. The Kier molecular flexibility index (Phi) is 7.50. The van der Waals surface area contributed by atoms with E-state index in [4.69, 9.17) is 9.47 Å². The third-order valence-electron chi connectivity index (χ3n) is 5.07. The van der Waals surface area contributed by atoms with Gasteiger partial charge in [0.2, 0.25) is 5.91 Å². The van der Waals surface area contributed by atoms with Gasteiger partial charge in [0, 0.05) is 38.4 Å². The fourth-order valence-electron chi connectivity index (χ4n) is 3.70. The Bertz CT molecular complexity index is 577. The second-order valence-electron chi connectivity index (χ2n) is 7.97. The molecular formula is C21H33N3O3. The molecule has 0 radical (unpaired) electrons. The van der Waals surface area contributed by atoms with Gasteiger partial charge in [-0.05, 0) is 43.0 Å². The first-order chi connectivity index (χ1) is 13.1. The van der Waals surface area contributed by atoms with Crippen molar-refractivity contribution in [3.63, 3.8) is 0 Å². The van der Waals surface area contributed by atoms with Gasteiger partial charge in [-0.25, -0.2) is 0 Å². The van der Waals surface area contributed by atoms with Crippen molar-refractivity contribution in [2.24, 2.45) is 5.92 Å². The molecule has 0 saturated carbocycles. The molecule has 0 aliphatic carbocycles. The van der Waals surface area contributed by atoms with Gasteiger partial charge in [-0.1, -0.05) is 13.8 Å². The number of morpholine rings is 1. The number of amides is 1. The largest absolute Gasteiger partial charge is 0.490 e. The van der Waals surface area contributed by atoms with E-state index in [9.17, 15) is 4.79 Å². The third kappa shape index (κ3) is 6.79. The highest BCUT2D eigenvalue weighted by atomic mass is 16.5. The third-order valence-corrected chi connectivity index (χ3v) is 5.07. The average Bonchev–Trinajstić information content (AvgIpc) is 2.65. The summed E-state index contributed by atoms with van der Waals surface area (Å²) in [4.78, 5) is 16.8. The number of nitrogens with one attached hydrogen (secondary N) is 1. The molecule has 2 aliphatic rings. The van der Waals surface area contributed by atoms with Gasteiger partial charge in [0.1, 0.15) is 11.9 Å². The predicted octanol–water partition coefficient (Wildman–Crippen LogP) is 2.46. The molecule has 2 aliphatic heterocycles. The molecule has 150 valence electrons. The number of likely N-dealkylation sites (tertiary alicyclic amines) is 1. The number of piperidine rings is 1. The van der Waals surface area contributed by atoms with Crippen LogP contribution in [0.5, 0.6) is 5.75 Å².